The number of rotatable bonds is 1. The molecule has 72 valence electrons. The number of fused-ring (bicyclic) bond motifs is 2. The maximum atomic E-state index is 11.4. The predicted octanol–water partition coefficient (Wildman–Crippen LogP) is 2.11. The summed E-state index contributed by atoms with van der Waals surface area (Å²) in [6.45, 7) is 0. The van der Waals surface area contributed by atoms with Gasteiger partial charge in [0.1, 0.15) is 6.10 Å². The molecule has 0 spiro atoms. The Morgan fingerprint density at radius 2 is 1.93 bits per heavy atom. The van der Waals surface area contributed by atoms with Crippen LogP contribution in [0.15, 0.2) is 30.3 Å². The van der Waals surface area contributed by atoms with Gasteiger partial charge in [0.2, 0.25) is 0 Å². The first-order valence-electron chi connectivity index (χ1n) is 5.12. The molecular weight excluding hydrogens is 176 g/mol. The van der Waals surface area contributed by atoms with Crippen molar-refractivity contribution >= 4 is 5.97 Å². The van der Waals surface area contributed by atoms with Gasteiger partial charge in [-0.05, 0) is 18.4 Å². The first-order chi connectivity index (χ1) is 6.86. The molecule has 3 unspecified atom stereocenters. The molecular formula is C12H12O2. The summed E-state index contributed by atoms with van der Waals surface area (Å²) >= 11 is 0. The van der Waals surface area contributed by atoms with Crippen LogP contribution >= 0.6 is 0 Å². The summed E-state index contributed by atoms with van der Waals surface area (Å²) in [4.78, 5) is 11.4. The zero-order valence-corrected chi connectivity index (χ0v) is 7.85. The molecule has 0 radical (unpaired) electrons. The standard InChI is InChI=1S/C12H12O2/c13-12-9-6-7-10(14-12)11(9)8-4-2-1-3-5-8/h1-5,9-11H,6-7H2. The van der Waals surface area contributed by atoms with Crippen LogP contribution in [0.4, 0.5) is 0 Å². The predicted molar refractivity (Wildman–Crippen MR) is 51.8 cm³/mol. The normalized spacial score (nSPS) is 34.6. The van der Waals surface area contributed by atoms with Gasteiger partial charge in [-0.1, -0.05) is 30.3 Å². The Morgan fingerprint density at radius 1 is 1.14 bits per heavy atom. The van der Waals surface area contributed by atoms with Gasteiger partial charge < -0.3 is 4.74 Å². The molecule has 2 aliphatic rings. The van der Waals surface area contributed by atoms with Crippen LogP contribution in [0.2, 0.25) is 0 Å². The topological polar surface area (TPSA) is 26.3 Å². The van der Waals surface area contributed by atoms with Gasteiger partial charge in [0.05, 0.1) is 5.92 Å². The third-order valence-electron chi connectivity index (χ3n) is 3.35. The number of carbonyl (C=O) groups excluding carboxylic acids is 1. The summed E-state index contributed by atoms with van der Waals surface area (Å²) in [6.07, 6.45) is 2.19. The van der Waals surface area contributed by atoms with Crippen molar-refractivity contribution in [2.75, 3.05) is 0 Å². The van der Waals surface area contributed by atoms with Crippen molar-refractivity contribution in [2.45, 2.75) is 24.9 Å². The maximum absolute atomic E-state index is 11.4. The lowest BCUT2D eigenvalue weighted by atomic mass is 9.90. The van der Waals surface area contributed by atoms with Gasteiger partial charge in [-0.3, -0.25) is 4.79 Å². The molecule has 2 heteroatoms. The fourth-order valence-corrected chi connectivity index (χ4v) is 2.72. The zero-order valence-electron chi connectivity index (χ0n) is 7.85. The van der Waals surface area contributed by atoms with E-state index in [9.17, 15) is 4.79 Å². The largest absolute Gasteiger partial charge is 0.461 e. The summed E-state index contributed by atoms with van der Waals surface area (Å²) < 4.78 is 5.29. The molecule has 0 aromatic heterocycles. The van der Waals surface area contributed by atoms with Gasteiger partial charge in [-0.15, -0.1) is 0 Å². The van der Waals surface area contributed by atoms with E-state index in [2.05, 4.69) is 12.1 Å². The lowest BCUT2D eigenvalue weighted by molar-refractivity contribution is -0.147. The van der Waals surface area contributed by atoms with Crippen molar-refractivity contribution in [2.24, 2.45) is 5.92 Å². The highest BCUT2D eigenvalue weighted by Crippen LogP contribution is 2.47. The van der Waals surface area contributed by atoms with E-state index in [1.165, 1.54) is 5.56 Å². The summed E-state index contributed by atoms with van der Waals surface area (Å²) in [5.74, 6) is 0.459. The van der Waals surface area contributed by atoms with E-state index in [4.69, 9.17) is 4.74 Å². The summed E-state index contributed by atoms with van der Waals surface area (Å²) in [6, 6.07) is 10.2. The fourth-order valence-electron chi connectivity index (χ4n) is 2.72. The molecule has 14 heavy (non-hydrogen) atoms. The average molecular weight is 188 g/mol. The molecule has 1 aliphatic heterocycles. The van der Waals surface area contributed by atoms with Gasteiger partial charge in [0.25, 0.3) is 0 Å². The Hall–Kier alpha value is -1.31. The van der Waals surface area contributed by atoms with E-state index < -0.39 is 0 Å². The lowest BCUT2D eigenvalue weighted by Crippen LogP contribution is -2.13. The molecule has 1 saturated carbocycles. The van der Waals surface area contributed by atoms with Gasteiger partial charge in [0, 0.05) is 5.92 Å². The van der Waals surface area contributed by atoms with E-state index in [1.54, 1.807) is 0 Å². The Kier molecular flexibility index (Phi) is 1.63. The van der Waals surface area contributed by atoms with Crippen LogP contribution in [0.1, 0.15) is 24.3 Å². The van der Waals surface area contributed by atoms with E-state index in [1.807, 2.05) is 18.2 Å². The van der Waals surface area contributed by atoms with Crippen molar-refractivity contribution in [3.05, 3.63) is 35.9 Å². The molecule has 3 rings (SSSR count). The van der Waals surface area contributed by atoms with Gasteiger partial charge in [-0.2, -0.15) is 0 Å². The molecule has 1 aromatic rings. The minimum atomic E-state index is 0.00935. The van der Waals surface area contributed by atoms with Gasteiger partial charge in [0.15, 0.2) is 0 Å². The average Bonchev–Trinajstić information content (AvgIpc) is 2.75. The highest BCUT2D eigenvalue weighted by Gasteiger charge is 2.50. The first-order valence-corrected chi connectivity index (χ1v) is 5.12. The molecule has 1 saturated heterocycles. The first kappa shape index (κ1) is 8.04. The van der Waals surface area contributed by atoms with Crippen LogP contribution in [0.3, 0.4) is 0 Å². The third-order valence-corrected chi connectivity index (χ3v) is 3.35. The SMILES string of the molecule is O=C1OC2CCC1C2c1ccccc1. The minimum absolute atomic E-state index is 0.00935. The molecule has 1 heterocycles. The number of hydrogen-bond donors (Lipinski definition) is 0. The van der Waals surface area contributed by atoms with Crippen molar-refractivity contribution in [3.63, 3.8) is 0 Å². The smallest absolute Gasteiger partial charge is 0.309 e. The number of ether oxygens (including phenoxy) is 1. The monoisotopic (exact) mass is 188 g/mol. The van der Waals surface area contributed by atoms with Crippen LogP contribution < -0.4 is 0 Å². The van der Waals surface area contributed by atoms with Gasteiger partial charge >= 0.3 is 5.97 Å². The number of esters is 1. The lowest BCUT2D eigenvalue weighted by Gasteiger charge is -2.11. The number of benzene rings is 1. The Balaban J connectivity index is 1.98. The van der Waals surface area contributed by atoms with Crippen LogP contribution in [0.25, 0.3) is 0 Å². The quantitative estimate of drug-likeness (QED) is 0.631. The second kappa shape index (κ2) is 2.84. The van der Waals surface area contributed by atoms with E-state index in [0.29, 0.717) is 5.92 Å². The third kappa shape index (κ3) is 0.999. The highest BCUT2D eigenvalue weighted by molar-refractivity contribution is 5.77. The molecule has 3 atom stereocenters. The summed E-state index contributed by atoms with van der Waals surface area (Å²) in [7, 11) is 0. The fraction of sp³-hybridized carbons (Fsp3) is 0.417. The second-order valence-corrected chi connectivity index (χ2v) is 4.10. The molecule has 0 N–H and O–H groups in total. The number of hydrogen-bond acceptors (Lipinski definition) is 2. The Morgan fingerprint density at radius 3 is 2.50 bits per heavy atom. The van der Waals surface area contributed by atoms with Gasteiger partial charge in [-0.25, -0.2) is 0 Å². The molecule has 2 bridgehead atoms. The van der Waals surface area contributed by atoms with Crippen LogP contribution in [0.5, 0.6) is 0 Å². The van der Waals surface area contributed by atoms with Crippen molar-refractivity contribution in [1.29, 1.82) is 0 Å². The maximum Gasteiger partial charge on any atom is 0.309 e. The number of carbonyl (C=O) groups is 1. The van der Waals surface area contributed by atoms with Crippen LogP contribution in [-0.2, 0) is 9.53 Å². The van der Waals surface area contributed by atoms with E-state index >= 15 is 0 Å². The Bertz CT molecular complexity index is 358. The molecule has 0 amide bonds. The van der Waals surface area contributed by atoms with E-state index in [0.717, 1.165) is 12.8 Å². The second-order valence-electron chi connectivity index (χ2n) is 4.10. The van der Waals surface area contributed by atoms with Crippen LogP contribution in [-0.4, -0.2) is 12.1 Å². The minimum Gasteiger partial charge on any atom is -0.461 e. The zero-order chi connectivity index (χ0) is 9.54. The van der Waals surface area contributed by atoms with Crippen molar-refractivity contribution in [3.8, 4) is 0 Å². The molecule has 1 aliphatic carbocycles. The molecule has 1 aromatic carbocycles. The van der Waals surface area contributed by atoms with Crippen LogP contribution in [0, 0.1) is 5.92 Å². The Labute approximate surface area is 82.9 Å². The van der Waals surface area contributed by atoms with Crippen molar-refractivity contribution in [1.82, 2.24) is 0 Å². The highest BCUT2D eigenvalue weighted by atomic mass is 16.6. The summed E-state index contributed by atoms with van der Waals surface area (Å²) in [5, 5.41) is 0. The van der Waals surface area contributed by atoms with Crippen molar-refractivity contribution < 1.29 is 9.53 Å². The van der Waals surface area contributed by atoms with E-state index in [-0.39, 0.29) is 18.0 Å². The molecule has 2 nitrogen and oxygen atoms in total. The summed E-state index contributed by atoms with van der Waals surface area (Å²) in [5.41, 5.74) is 1.26. The molecule has 2 fully saturated rings.